The second-order valence-corrected chi connectivity index (χ2v) is 4.87. The van der Waals surface area contributed by atoms with Crippen LogP contribution in [0.1, 0.15) is 38.8 Å². The first-order valence-corrected chi connectivity index (χ1v) is 6.89. The van der Waals surface area contributed by atoms with Gasteiger partial charge in [0.2, 0.25) is 0 Å². The van der Waals surface area contributed by atoms with E-state index in [4.69, 9.17) is 0 Å². The molecule has 0 saturated carbocycles. The van der Waals surface area contributed by atoms with Crippen molar-refractivity contribution in [1.82, 2.24) is 5.32 Å². The van der Waals surface area contributed by atoms with Crippen LogP contribution in [0.15, 0.2) is 30.5 Å². The maximum absolute atomic E-state index is 3.30. The summed E-state index contributed by atoms with van der Waals surface area (Å²) in [5.74, 6) is 0. The molecule has 1 unspecified atom stereocenters. The van der Waals surface area contributed by atoms with Gasteiger partial charge in [-0.2, -0.15) is 0 Å². The molecule has 1 aromatic rings. The van der Waals surface area contributed by atoms with Crippen LogP contribution in [0, 0.1) is 0 Å². The number of nitrogens with one attached hydrogen (secondary N) is 1. The third-order valence-corrected chi connectivity index (χ3v) is 3.50. The van der Waals surface area contributed by atoms with Crippen molar-refractivity contribution < 1.29 is 0 Å². The van der Waals surface area contributed by atoms with Crippen molar-refractivity contribution in [2.75, 3.05) is 0 Å². The second-order valence-electron chi connectivity index (χ2n) is 3.49. The summed E-state index contributed by atoms with van der Waals surface area (Å²) in [6.07, 6.45) is 3.22. The molecule has 1 heterocycles. The van der Waals surface area contributed by atoms with E-state index in [2.05, 4.69) is 49.6 Å². The van der Waals surface area contributed by atoms with E-state index < -0.39 is 0 Å². The smallest absolute Gasteiger partial charge is 0.0736 e. The Morgan fingerprint density at radius 3 is 2.25 bits per heavy atom. The molecule has 0 aromatic heterocycles. The lowest BCUT2D eigenvalue weighted by molar-refractivity contribution is 0.875. The van der Waals surface area contributed by atoms with E-state index in [0.717, 1.165) is 6.42 Å². The summed E-state index contributed by atoms with van der Waals surface area (Å²) in [7, 11) is 0. The number of hydrogen-bond donors (Lipinski definition) is 1. The average Bonchev–Trinajstić information content (AvgIpc) is 2.79. The van der Waals surface area contributed by atoms with Crippen LogP contribution < -0.4 is 5.32 Å². The maximum atomic E-state index is 3.30. The molecule has 1 atom stereocenters. The lowest BCUT2D eigenvalue weighted by Gasteiger charge is -2.04. The summed E-state index contributed by atoms with van der Waals surface area (Å²) in [5, 5.41) is 3.81. The molecule has 0 aliphatic carbocycles. The number of thioether (sulfide) groups is 1. The summed E-state index contributed by atoms with van der Waals surface area (Å²) in [6, 6.07) is 8.83. The molecule has 0 spiro atoms. The van der Waals surface area contributed by atoms with Crippen LogP contribution in [0.5, 0.6) is 0 Å². The Balaban J connectivity index is 0.000000606. The molecule has 0 amide bonds. The average molecular weight is 235 g/mol. The van der Waals surface area contributed by atoms with Crippen molar-refractivity contribution in [1.29, 1.82) is 0 Å². The number of hydrogen-bond acceptors (Lipinski definition) is 2. The van der Waals surface area contributed by atoms with Gasteiger partial charge in [0.15, 0.2) is 0 Å². The van der Waals surface area contributed by atoms with Gasteiger partial charge in [-0.3, -0.25) is 0 Å². The lowest BCUT2D eigenvalue weighted by Crippen LogP contribution is -2.09. The molecule has 1 nitrogen and oxygen atoms in total. The van der Waals surface area contributed by atoms with Crippen LogP contribution in [0.3, 0.4) is 0 Å². The molecule has 1 aliphatic heterocycles. The van der Waals surface area contributed by atoms with E-state index in [0.29, 0.717) is 5.37 Å². The zero-order valence-corrected chi connectivity index (χ0v) is 11.4. The topological polar surface area (TPSA) is 12.0 Å². The first kappa shape index (κ1) is 13.2. The van der Waals surface area contributed by atoms with Crippen molar-refractivity contribution in [2.24, 2.45) is 0 Å². The van der Waals surface area contributed by atoms with E-state index in [9.17, 15) is 0 Å². The highest BCUT2D eigenvalue weighted by Gasteiger charge is 2.13. The number of benzene rings is 1. The third-order valence-electron chi connectivity index (χ3n) is 2.40. The molecule has 16 heavy (non-hydrogen) atoms. The normalized spacial score (nSPS) is 18.2. The molecule has 1 aromatic carbocycles. The van der Waals surface area contributed by atoms with Crippen LogP contribution in [0.4, 0.5) is 0 Å². The van der Waals surface area contributed by atoms with Gasteiger partial charge in [0.05, 0.1) is 5.37 Å². The first-order chi connectivity index (χ1) is 7.79. The van der Waals surface area contributed by atoms with Gasteiger partial charge in [0.25, 0.3) is 0 Å². The van der Waals surface area contributed by atoms with Crippen molar-refractivity contribution in [2.45, 2.75) is 39.5 Å². The van der Waals surface area contributed by atoms with Gasteiger partial charge in [0.1, 0.15) is 0 Å². The minimum absolute atomic E-state index is 0.510. The molecule has 1 N–H and O–H groups in total. The molecule has 2 rings (SSSR count). The van der Waals surface area contributed by atoms with Gasteiger partial charge in [-0.15, -0.1) is 0 Å². The van der Waals surface area contributed by atoms with E-state index in [-0.39, 0.29) is 0 Å². The fraction of sp³-hybridized carbons (Fsp3) is 0.429. The van der Waals surface area contributed by atoms with Crippen molar-refractivity contribution >= 4 is 16.7 Å². The Kier molecular flexibility index (Phi) is 5.47. The Labute approximate surface area is 103 Å². The van der Waals surface area contributed by atoms with E-state index in [1.807, 2.05) is 25.6 Å². The van der Waals surface area contributed by atoms with Crippen LogP contribution >= 0.6 is 11.8 Å². The van der Waals surface area contributed by atoms with Gasteiger partial charge in [0, 0.05) is 11.1 Å². The zero-order chi connectivity index (χ0) is 12.0. The standard InChI is InChI=1S/C12H15NS.C2H6/c1-3-10-4-6-11(7-5-10)12-8-13-9(2)14-12;1-2/h4-9,13H,3H2,1-2H3;1-2H3. The predicted molar refractivity (Wildman–Crippen MR) is 75.3 cm³/mol. The first-order valence-electron chi connectivity index (χ1n) is 6.02. The summed E-state index contributed by atoms with van der Waals surface area (Å²) in [6.45, 7) is 8.36. The third kappa shape index (κ3) is 3.31. The fourth-order valence-electron chi connectivity index (χ4n) is 1.51. The Morgan fingerprint density at radius 2 is 1.81 bits per heavy atom. The number of rotatable bonds is 2. The van der Waals surface area contributed by atoms with Gasteiger partial charge in [-0.05, 0) is 24.5 Å². The molecule has 0 saturated heterocycles. The summed E-state index contributed by atoms with van der Waals surface area (Å²) in [4.78, 5) is 1.35. The highest BCUT2D eigenvalue weighted by molar-refractivity contribution is 8.09. The molecular weight excluding hydrogens is 214 g/mol. The molecule has 0 radical (unpaired) electrons. The van der Waals surface area contributed by atoms with Crippen LogP contribution in [0.2, 0.25) is 0 Å². The van der Waals surface area contributed by atoms with Gasteiger partial charge >= 0.3 is 0 Å². The van der Waals surface area contributed by atoms with Gasteiger partial charge in [-0.25, -0.2) is 0 Å². The minimum Gasteiger partial charge on any atom is -0.378 e. The quantitative estimate of drug-likeness (QED) is 0.822. The van der Waals surface area contributed by atoms with Crippen LogP contribution in [-0.2, 0) is 6.42 Å². The molecule has 0 fully saturated rings. The SMILES string of the molecule is CC.CCc1ccc(C2=CNC(C)S2)cc1. The molecule has 2 heteroatoms. The van der Waals surface area contributed by atoms with E-state index in [1.54, 1.807) is 0 Å². The number of aryl methyl sites for hydroxylation is 1. The van der Waals surface area contributed by atoms with Gasteiger partial charge in [-0.1, -0.05) is 56.8 Å². The van der Waals surface area contributed by atoms with E-state index >= 15 is 0 Å². The highest BCUT2D eigenvalue weighted by Crippen LogP contribution is 2.33. The Bertz CT molecular complexity index is 340. The highest BCUT2D eigenvalue weighted by atomic mass is 32.2. The lowest BCUT2D eigenvalue weighted by atomic mass is 10.1. The molecular formula is C14H21NS. The maximum Gasteiger partial charge on any atom is 0.0736 e. The molecule has 0 bridgehead atoms. The molecule has 88 valence electrons. The zero-order valence-electron chi connectivity index (χ0n) is 10.6. The van der Waals surface area contributed by atoms with Gasteiger partial charge < -0.3 is 5.32 Å². The Hall–Kier alpha value is -0.890. The van der Waals surface area contributed by atoms with Crippen molar-refractivity contribution in [3.05, 3.63) is 41.6 Å². The summed E-state index contributed by atoms with van der Waals surface area (Å²) in [5.41, 5.74) is 2.72. The largest absolute Gasteiger partial charge is 0.378 e. The van der Waals surface area contributed by atoms with Crippen LogP contribution in [-0.4, -0.2) is 5.37 Å². The minimum atomic E-state index is 0.510. The Morgan fingerprint density at radius 1 is 1.19 bits per heavy atom. The summed E-state index contributed by atoms with van der Waals surface area (Å²) >= 11 is 1.88. The predicted octanol–water partition coefficient (Wildman–Crippen LogP) is 4.26. The summed E-state index contributed by atoms with van der Waals surface area (Å²) < 4.78 is 0. The second kappa shape index (κ2) is 6.64. The molecule has 1 aliphatic rings. The van der Waals surface area contributed by atoms with Crippen LogP contribution in [0.25, 0.3) is 4.91 Å². The van der Waals surface area contributed by atoms with Crippen molar-refractivity contribution in [3.8, 4) is 0 Å². The van der Waals surface area contributed by atoms with Crippen molar-refractivity contribution in [3.63, 3.8) is 0 Å². The van der Waals surface area contributed by atoms with E-state index in [1.165, 1.54) is 16.0 Å². The monoisotopic (exact) mass is 235 g/mol. The fourth-order valence-corrected chi connectivity index (χ4v) is 2.43.